The van der Waals surface area contributed by atoms with Crippen LogP contribution in [0.3, 0.4) is 0 Å². The number of hydrogen-bond donors (Lipinski definition) is 4. The molecule has 1 aromatic rings. The highest BCUT2D eigenvalue weighted by molar-refractivity contribution is 7.79. The van der Waals surface area contributed by atoms with Crippen LogP contribution in [0.4, 0.5) is 0 Å². The van der Waals surface area contributed by atoms with E-state index in [1.54, 1.807) is 12.1 Å². The quantitative estimate of drug-likeness (QED) is 0.370. The van der Waals surface area contributed by atoms with Crippen LogP contribution in [0.25, 0.3) is 0 Å². The highest BCUT2D eigenvalue weighted by Gasteiger charge is 2.54. The third kappa shape index (κ3) is 2.48. The molecule has 1 aromatic carbocycles. The summed E-state index contributed by atoms with van der Waals surface area (Å²) in [7, 11) is 0. The standard InChI is InChI=1S/C14H15NO8S/c16-5-8-10(17)11(18)9(14(23-8)24(21)22)15-12(19)6-3-1-2-4-7(6)13(15)20/h1-4,8-11,14,16-18H,5H2,(H,21,22)/t8-,9?,10-,11-,14?/m1/s1. The minimum Gasteiger partial charge on any atom is -0.394 e. The molecule has 2 heterocycles. The molecule has 10 heteroatoms. The number of carbonyl (C=O) groups excluding carboxylic acids is 2. The van der Waals surface area contributed by atoms with E-state index < -0.39 is 59.3 Å². The van der Waals surface area contributed by atoms with Crippen LogP contribution in [0.2, 0.25) is 0 Å². The van der Waals surface area contributed by atoms with Gasteiger partial charge in [-0.1, -0.05) is 12.1 Å². The Labute approximate surface area is 138 Å². The molecule has 1 fully saturated rings. The zero-order valence-corrected chi connectivity index (χ0v) is 13.0. The molecule has 3 unspecified atom stereocenters. The lowest BCUT2D eigenvalue weighted by molar-refractivity contribution is -0.183. The Kier molecular flexibility index (Phi) is 4.51. The third-order valence-corrected chi connectivity index (χ3v) is 4.96. The summed E-state index contributed by atoms with van der Waals surface area (Å²) in [5, 5.41) is 29.4. The van der Waals surface area contributed by atoms with E-state index in [-0.39, 0.29) is 11.1 Å². The van der Waals surface area contributed by atoms with Crippen molar-refractivity contribution in [2.75, 3.05) is 6.61 Å². The summed E-state index contributed by atoms with van der Waals surface area (Å²) in [6.07, 6.45) is -4.70. The second kappa shape index (κ2) is 6.31. The minimum atomic E-state index is -2.68. The van der Waals surface area contributed by atoms with Gasteiger partial charge < -0.3 is 24.6 Å². The maximum absolute atomic E-state index is 12.5. The van der Waals surface area contributed by atoms with Gasteiger partial charge in [-0.05, 0) is 12.1 Å². The van der Waals surface area contributed by atoms with Gasteiger partial charge in [0.05, 0.1) is 17.7 Å². The molecule has 0 radical (unpaired) electrons. The van der Waals surface area contributed by atoms with Crippen LogP contribution in [-0.4, -0.2) is 77.2 Å². The third-order valence-electron chi connectivity index (χ3n) is 4.17. The highest BCUT2D eigenvalue weighted by atomic mass is 32.2. The Hall–Kier alpha value is -1.69. The lowest BCUT2D eigenvalue weighted by Crippen LogP contribution is -2.66. The number of hydrogen-bond acceptors (Lipinski definition) is 7. The number of rotatable bonds is 3. The molecular formula is C14H15NO8S. The van der Waals surface area contributed by atoms with E-state index in [4.69, 9.17) is 9.84 Å². The number of ether oxygens (including phenoxy) is 1. The first-order valence-corrected chi connectivity index (χ1v) is 8.24. The molecule has 3 rings (SSSR count). The Morgan fingerprint density at radius 2 is 1.62 bits per heavy atom. The van der Waals surface area contributed by atoms with E-state index >= 15 is 0 Å². The molecule has 0 bridgehead atoms. The minimum absolute atomic E-state index is 0.0935. The lowest BCUT2D eigenvalue weighted by atomic mass is 9.97. The summed E-state index contributed by atoms with van der Waals surface area (Å²) in [5.74, 6) is -1.51. The van der Waals surface area contributed by atoms with Crippen molar-refractivity contribution in [3.63, 3.8) is 0 Å². The van der Waals surface area contributed by atoms with Crippen LogP contribution in [-0.2, 0) is 15.8 Å². The number of nitrogens with zero attached hydrogens (tertiary/aromatic N) is 1. The van der Waals surface area contributed by atoms with Crippen molar-refractivity contribution >= 4 is 22.9 Å². The average molecular weight is 357 g/mol. The SMILES string of the molecule is O=C1c2ccccc2C(=O)N1C1C(S(=O)O)O[C@H](CO)[C@@H](O)[C@@H]1O. The predicted molar refractivity (Wildman–Crippen MR) is 79.3 cm³/mol. The fourth-order valence-electron chi connectivity index (χ4n) is 2.99. The Morgan fingerprint density at radius 1 is 1.08 bits per heavy atom. The van der Waals surface area contributed by atoms with Crippen LogP contribution in [0, 0.1) is 0 Å². The summed E-state index contributed by atoms with van der Waals surface area (Å²) in [6, 6.07) is 4.38. The molecule has 1 saturated heterocycles. The van der Waals surface area contributed by atoms with Gasteiger partial charge in [0, 0.05) is 0 Å². The van der Waals surface area contributed by atoms with Crippen LogP contribution in [0.5, 0.6) is 0 Å². The first kappa shape index (κ1) is 17.1. The zero-order chi connectivity index (χ0) is 17.6. The average Bonchev–Trinajstić information content (AvgIpc) is 2.82. The molecule has 130 valence electrons. The van der Waals surface area contributed by atoms with Crippen LogP contribution < -0.4 is 0 Å². The Bertz CT molecular complexity index is 675. The summed E-state index contributed by atoms with van der Waals surface area (Å²) in [5.41, 5.74) is -1.48. The molecule has 0 aromatic heterocycles. The molecule has 9 nitrogen and oxygen atoms in total. The molecule has 2 aliphatic heterocycles. The van der Waals surface area contributed by atoms with Crippen molar-refractivity contribution in [2.45, 2.75) is 29.8 Å². The normalized spacial score (nSPS) is 34.3. The predicted octanol–water partition coefficient (Wildman–Crippen LogP) is -1.69. The van der Waals surface area contributed by atoms with Gasteiger partial charge in [-0.2, -0.15) is 0 Å². The van der Waals surface area contributed by atoms with E-state index in [2.05, 4.69) is 0 Å². The monoisotopic (exact) mass is 357 g/mol. The second-order valence-corrected chi connectivity index (χ2v) is 6.52. The first-order chi connectivity index (χ1) is 11.4. The van der Waals surface area contributed by atoms with Gasteiger partial charge in [0.1, 0.15) is 24.4 Å². The summed E-state index contributed by atoms with van der Waals surface area (Å²) in [6.45, 7) is -0.708. The van der Waals surface area contributed by atoms with Crippen molar-refractivity contribution in [1.82, 2.24) is 4.90 Å². The number of fused-ring (bicyclic) bond motifs is 1. The van der Waals surface area contributed by atoms with Gasteiger partial charge in [-0.15, -0.1) is 0 Å². The van der Waals surface area contributed by atoms with Gasteiger partial charge in [0.25, 0.3) is 11.8 Å². The van der Waals surface area contributed by atoms with E-state index in [1.165, 1.54) is 12.1 Å². The molecular weight excluding hydrogens is 342 g/mol. The maximum Gasteiger partial charge on any atom is 0.262 e. The fourth-order valence-corrected chi connectivity index (χ4v) is 3.75. The van der Waals surface area contributed by atoms with Crippen molar-refractivity contribution in [3.8, 4) is 0 Å². The van der Waals surface area contributed by atoms with Crippen LogP contribution >= 0.6 is 0 Å². The van der Waals surface area contributed by atoms with Gasteiger partial charge in [0.2, 0.25) is 0 Å². The van der Waals surface area contributed by atoms with Crippen molar-refractivity contribution in [3.05, 3.63) is 35.4 Å². The van der Waals surface area contributed by atoms with Gasteiger partial charge in [-0.3, -0.25) is 14.5 Å². The summed E-state index contributed by atoms with van der Waals surface area (Å²) in [4.78, 5) is 25.6. The number of imide groups is 1. The molecule has 6 atom stereocenters. The molecule has 24 heavy (non-hydrogen) atoms. The first-order valence-electron chi connectivity index (χ1n) is 7.07. The highest BCUT2D eigenvalue weighted by Crippen LogP contribution is 2.32. The number of aliphatic hydroxyl groups excluding tert-OH is 3. The summed E-state index contributed by atoms with van der Waals surface area (Å²) >= 11 is -2.68. The zero-order valence-electron chi connectivity index (χ0n) is 12.2. The molecule has 0 saturated carbocycles. The second-order valence-electron chi connectivity index (χ2n) is 5.50. The largest absolute Gasteiger partial charge is 0.394 e. The molecule has 0 spiro atoms. The van der Waals surface area contributed by atoms with Crippen LogP contribution in [0.1, 0.15) is 20.7 Å². The maximum atomic E-state index is 12.5. The summed E-state index contributed by atoms with van der Waals surface area (Å²) < 4.78 is 26.2. The van der Waals surface area contributed by atoms with Gasteiger partial charge >= 0.3 is 0 Å². The van der Waals surface area contributed by atoms with Gasteiger partial charge in [-0.25, -0.2) is 4.21 Å². The molecule has 4 N–H and O–H groups in total. The topological polar surface area (TPSA) is 145 Å². The fraction of sp³-hybridized carbons (Fsp3) is 0.429. The van der Waals surface area contributed by atoms with Crippen LogP contribution in [0.15, 0.2) is 24.3 Å². The Balaban J connectivity index is 2.02. The molecule has 2 aliphatic rings. The Morgan fingerprint density at radius 3 is 2.08 bits per heavy atom. The van der Waals surface area contributed by atoms with E-state index in [1.807, 2.05) is 0 Å². The van der Waals surface area contributed by atoms with Crippen molar-refractivity contribution < 1.29 is 38.4 Å². The van der Waals surface area contributed by atoms with E-state index in [0.29, 0.717) is 4.90 Å². The smallest absolute Gasteiger partial charge is 0.262 e. The van der Waals surface area contributed by atoms with Gasteiger partial charge in [0.15, 0.2) is 16.5 Å². The van der Waals surface area contributed by atoms with E-state index in [9.17, 15) is 28.6 Å². The number of benzene rings is 1. The van der Waals surface area contributed by atoms with Crippen molar-refractivity contribution in [1.29, 1.82) is 0 Å². The van der Waals surface area contributed by atoms with E-state index in [0.717, 1.165) is 0 Å². The number of amides is 2. The van der Waals surface area contributed by atoms with Crippen molar-refractivity contribution in [2.24, 2.45) is 0 Å². The molecule has 0 aliphatic carbocycles. The number of aliphatic hydroxyl groups is 3. The molecule has 2 amide bonds. The lowest BCUT2D eigenvalue weighted by Gasteiger charge is -2.43. The number of carbonyl (C=O) groups is 2.